The number of anilines is 1. The number of amides is 1. The van der Waals surface area contributed by atoms with E-state index in [1.54, 1.807) is 19.1 Å². The third-order valence-corrected chi connectivity index (χ3v) is 6.13. The molecule has 1 saturated carbocycles. The molecular weight excluding hydrogens is 376 g/mol. The summed E-state index contributed by atoms with van der Waals surface area (Å²) in [5.74, 6) is 0.282. The fraction of sp³-hybridized carbons (Fsp3) is 0.381. The van der Waals surface area contributed by atoms with Crippen LogP contribution < -0.4 is 14.8 Å². The van der Waals surface area contributed by atoms with Crippen LogP contribution in [0.3, 0.4) is 0 Å². The highest BCUT2D eigenvalue weighted by Gasteiger charge is 2.36. The zero-order chi connectivity index (χ0) is 20.3. The Morgan fingerprint density at radius 3 is 2.43 bits per heavy atom. The molecule has 6 nitrogen and oxygen atoms in total. The third kappa shape index (κ3) is 4.91. The average Bonchev–Trinajstić information content (AvgIpc) is 3.46. The molecule has 0 saturated heterocycles. The maximum atomic E-state index is 13.2. The van der Waals surface area contributed by atoms with Crippen molar-refractivity contribution in [3.63, 3.8) is 0 Å². The third-order valence-electron chi connectivity index (χ3n) is 4.67. The van der Waals surface area contributed by atoms with Gasteiger partial charge in [-0.1, -0.05) is 29.8 Å². The Balaban J connectivity index is 1.95. The van der Waals surface area contributed by atoms with E-state index in [4.69, 9.17) is 4.74 Å². The molecule has 0 unspecified atom stereocenters. The van der Waals surface area contributed by atoms with Crippen molar-refractivity contribution in [3.8, 4) is 5.75 Å². The number of aryl methyl sites for hydroxylation is 1. The monoisotopic (exact) mass is 402 g/mol. The number of ether oxygens (including phenoxy) is 1. The summed E-state index contributed by atoms with van der Waals surface area (Å²) < 4.78 is 34.9. The first-order chi connectivity index (χ1) is 13.3. The van der Waals surface area contributed by atoms with Crippen molar-refractivity contribution >= 4 is 21.6 Å². The van der Waals surface area contributed by atoms with Gasteiger partial charge in [-0.05, 0) is 56.4 Å². The number of nitrogens with one attached hydrogen (secondary N) is 2. The first-order valence-corrected chi connectivity index (χ1v) is 10.9. The maximum absolute atomic E-state index is 13.2. The van der Waals surface area contributed by atoms with Crippen LogP contribution >= 0.6 is 0 Å². The second-order valence-corrected chi connectivity index (χ2v) is 8.81. The summed E-state index contributed by atoms with van der Waals surface area (Å²) >= 11 is 0. The number of carbonyl (C=O) groups is 1. The average molecular weight is 403 g/mol. The van der Waals surface area contributed by atoms with Gasteiger partial charge in [0.1, 0.15) is 10.6 Å². The van der Waals surface area contributed by atoms with Crippen molar-refractivity contribution in [1.82, 2.24) is 4.72 Å². The Morgan fingerprint density at radius 2 is 1.86 bits per heavy atom. The van der Waals surface area contributed by atoms with Gasteiger partial charge in [0.2, 0.25) is 15.9 Å². The quantitative estimate of drug-likeness (QED) is 0.704. The van der Waals surface area contributed by atoms with Crippen LogP contribution in [0, 0.1) is 12.8 Å². The Labute approximate surface area is 166 Å². The molecule has 0 bridgehead atoms. The molecule has 0 spiro atoms. The molecule has 2 N–H and O–H groups in total. The van der Waals surface area contributed by atoms with Gasteiger partial charge in [0, 0.05) is 18.7 Å². The van der Waals surface area contributed by atoms with Gasteiger partial charge in [-0.3, -0.25) is 4.79 Å². The Morgan fingerprint density at radius 1 is 1.18 bits per heavy atom. The molecule has 2 aromatic carbocycles. The number of benzene rings is 2. The van der Waals surface area contributed by atoms with Crippen molar-refractivity contribution in [2.75, 3.05) is 11.9 Å². The lowest BCUT2D eigenvalue weighted by molar-refractivity contribution is -0.114. The van der Waals surface area contributed by atoms with Gasteiger partial charge >= 0.3 is 0 Å². The molecule has 2 aromatic rings. The van der Waals surface area contributed by atoms with Crippen LogP contribution in [0.4, 0.5) is 5.69 Å². The van der Waals surface area contributed by atoms with Crippen LogP contribution in [0.5, 0.6) is 5.75 Å². The summed E-state index contributed by atoms with van der Waals surface area (Å²) in [7, 11) is -3.86. The largest absolute Gasteiger partial charge is 0.492 e. The summed E-state index contributed by atoms with van der Waals surface area (Å²) in [6.45, 7) is 5.52. The number of rotatable bonds is 8. The SMILES string of the molecule is CCOc1ccc(NC(C)=O)cc1S(=O)(=O)N[C@H](c1ccc(C)cc1)C1CC1. The summed E-state index contributed by atoms with van der Waals surface area (Å²) in [5.41, 5.74) is 2.49. The predicted octanol–water partition coefficient (Wildman–Crippen LogP) is 3.78. The van der Waals surface area contributed by atoms with E-state index in [0.717, 1.165) is 24.0 Å². The lowest BCUT2D eigenvalue weighted by atomic mass is 10.0. The Bertz CT molecular complexity index is 951. The van der Waals surface area contributed by atoms with Crippen molar-refractivity contribution in [1.29, 1.82) is 0 Å². The molecule has 0 aliphatic heterocycles. The van der Waals surface area contributed by atoms with E-state index in [1.807, 2.05) is 31.2 Å². The standard InChI is InChI=1S/C21H26N2O4S/c1-4-27-19-12-11-18(22-15(3)24)13-20(19)28(25,26)23-21(17-9-10-17)16-7-5-14(2)6-8-16/h5-8,11-13,17,21,23H,4,9-10H2,1-3H3,(H,22,24)/t21-/m1/s1. The minimum Gasteiger partial charge on any atom is -0.492 e. The second kappa shape index (κ2) is 8.32. The molecule has 150 valence electrons. The fourth-order valence-corrected chi connectivity index (χ4v) is 4.61. The zero-order valence-electron chi connectivity index (χ0n) is 16.4. The highest BCUT2D eigenvalue weighted by Crippen LogP contribution is 2.42. The van der Waals surface area contributed by atoms with Crippen molar-refractivity contribution in [2.45, 2.75) is 44.6 Å². The van der Waals surface area contributed by atoms with Gasteiger partial charge in [0.15, 0.2) is 0 Å². The summed E-state index contributed by atoms with van der Waals surface area (Å²) in [6.07, 6.45) is 1.98. The van der Waals surface area contributed by atoms with Gasteiger partial charge in [0.25, 0.3) is 0 Å². The topological polar surface area (TPSA) is 84.5 Å². The van der Waals surface area contributed by atoms with Crippen LogP contribution in [0.1, 0.15) is 43.9 Å². The highest BCUT2D eigenvalue weighted by molar-refractivity contribution is 7.89. The van der Waals surface area contributed by atoms with E-state index < -0.39 is 10.0 Å². The van der Waals surface area contributed by atoms with E-state index >= 15 is 0 Å². The van der Waals surface area contributed by atoms with E-state index in [0.29, 0.717) is 12.3 Å². The van der Waals surface area contributed by atoms with Crippen LogP contribution in [0.2, 0.25) is 0 Å². The fourth-order valence-electron chi connectivity index (χ4n) is 3.14. The lowest BCUT2D eigenvalue weighted by Crippen LogP contribution is -2.30. The van der Waals surface area contributed by atoms with Crippen LogP contribution in [-0.4, -0.2) is 20.9 Å². The molecule has 7 heteroatoms. The van der Waals surface area contributed by atoms with Gasteiger partial charge in [-0.2, -0.15) is 0 Å². The van der Waals surface area contributed by atoms with Crippen LogP contribution in [0.15, 0.2) is 47.4 Å². The molecule has 1 aliphatic rings. The molecule has 1 aliphatic carbocycles. The Hall–Kier alpha value is -2.38. The van der Waals surface area contributed by atoms with Crippen molar-refractivity contribution in [3.05, 3.63) is 53.6 Å². The van der Waals surface area contributed by atoms with E-state index in [-0.39, 0.29) is 28.5 Å². The predicted molar refractivity (Wildman–Crippen MR) is 109 cm³/mol. The Kier molecular flexibility index (Phi) is 6.05. The molecule has 0 radical (unpaired) electrons. The molecule has 3 rings (SSSR count). The first-order valence-electron chi connectivity index (χ1n) is 9.43. The van der Waals surface area contributed by atoms with Gasteiger partial charge in [-0.15, -0.1) is 0 Å². The molecule has 1 amide bonds. The smallest absolute Gasteiger partial charge is 0.244 e. The molecule has 28 heavy (non-hydrogen) atoms. The second-order valence-electron chi connectivity index (χ2n) is 7.12. The summed E-state index contributed by atoms with van der Waals surface area (Å²) in [4.78, 5) is 11.4. The minimum atomic E-state index is -3.86. The first kappa shape index (κ1) is 20.4. The zero-order valence-corrected chi connectivity index (χ0v) is 17.2. The number of carbonyl (C=O) groups excluding carboxylic acids is 1. The van der Waals surface area contributed by atoms with Crippen molar-refractivity contribution in [2.24, 2.45) is 5.92 Å². The minimum absolute atomic E-state index is 0.0263. The summed E-state index contributed by atoms with van der Waals surface area (Å²) in [5, 5.41) is 2.63. The van der Waals surface area contributed by atoms with Gasteiger partial charge in [0.05, 0.1) is 6.61 Å². The number of hydrogen-bond acceptors (Lipinski definition) is 4. The number of sulfonamides is 1. The van der Waals surface area contributed by atoms with E-state index in [2.05, 4.69) is 10.0 Å². The van der Waals surface area contributed by atoms with Gasteiger partial charge < -0.3 is 10.1 Å². The normalized spacial score (nSPS) is 15.1. The molecule has 1 fully saturated rings. The molecular formula is C21H26N2O4S. The van der Waals surface area contributed by atoms with Crippen LogP contribution in [-0.2, 0) is 14.8 Å². The highest BCUT2D eigenvalue weighted by atomic mass is 32.2. The van der Waals surface area contributed by atoms with Crippen molar-refractivity contribution < 1.29 is 17.9 Å². The van der Waals surface area contributed by atoms with E-state index in [9.17, 15) is 13.2 Å². The van der Waals surface area contributed by atoms with Gasteiger partial charge in [-0.25, -0.2) is 13.1 Å². The molecule has 0 heterocycles. The maximum Gasteiger partial charge on any atom is 0.244 e. The lowest BCUT2D eigenvalue weighted by Gasteiger charge is -2.21. The molecule has 0 aromatic heterocycles. The van der Waals surface area contributed by atoms with E-state index in [1.165, 1.54) is 13.0 Å². The van der Waals surface area contributed by atoms with Crippen LogP contribution in [0.25, 0.3) is 0 Å². The number of hydrogen-bond donors (Lipinski definition) is 2. The molecule has 1 atom stereocenters. The summed E-state index contributed by atoms with van der Waals surface area (Å²) in [6, 6.07) is 12.3.